The largest absolute Gasteiger partial charge is 0.366 e. The van der Waals surface area contributed by atoms with Crippen LogP contribution in [0.5, 0.6) is 0 Å². The highest BCUT2D eigenvalue weighted by Crippen LogP contribution is 2.30. The number of anilines is 1. The van der Waals surface area contributed by atoms with E-state index in [1.165, 1.54) is 11.3 Å². The zero-order valence-electron chi connectivity index (χ0n) is 18.5. The Morgan fingerprint density at radius 1 is 1.12 bits per heavy atom. The first kappa shape index (κ1) is 22.1. The van der Waals surface area contributed by atoms with E-state index in [1.807, 2.05) is 60.8 Å². The van der Waals surface area contributed by atoms with Gasteiger partial charge in [0.1, 0.15) is 11.6 Å². The molecule has 1 saturated heterocycles. The van der Waals surface area contributed by atoms with Crippen LogP contribution in [0, 0.1) is 11.3 Å². The molecule has 0 bridgehead atoms. The first-order valence-corrected chi connectivity index (χ1v) is 11.7. The fourth-order valence-electron chi connectivity index (χ4n) is 4.28. The smallest absolute Gasteiger partial charge is 0.271 e. The molecule has 3 aromatic rings. The minimum atomic E-state index is -0.239. The number of pyridine rings is 1. The van der Waals surface area contributed by atoms with Crippen LogP contribution < -0.4 is 10.5 Å². The molecular weight excluding hydrogens is 422 g/mol. The molecule has 0 saturated carbocycles. The van der Waals surface area contributed by atoms with Crippen LogP contribution in [0.2, 0.25) is 0 Å². The Morgan fingerprint density at radius 3 is 2.53 bits per heavy atom. The van der Waals surface area contributed by atoms with Gasteiger partial charge in [0.2, 0.25) is 0 Å². The van der Waals surface area contributed by atoms with Gasteiger partial charge in [-0.25, -0.2) is 0 Å². The van der Waals surface area contributed by atoms with Gasteiger partial charge in [-0.1, -0.05) is 24.3 Å². The van der Waals surface area contributed by atoms with Crippen molar-refractivity contribution < 1.29 is 4.79 Å². The molecule has 0 N–H and O–H groups in total. The molecule has 0 spiro atoms. The van der Waals surface area contributed by atoms with E-state index in [4.69, 9.17) is 0 Å². The first-order chi connectivity index (χ1) is 15.5. The summed E-state index contributed by atoms with van der Waals surface area (Å²) in [6.07, 6.45) is 0.824. The van der Waals surface area contributed by atoms with Crippen molar-refractivity contribution in [1.82, 2.24) is 14.4 Å². The summed E-state index contributed by atoms with van der Waals surface area (Å²) >= 11 is 1.45. The number of piperazine rings is 1. The number of hydrogen-bond donors (Lipinski definition) is 0. The lowest BCUT2D eigenvalue weighted by atomic mass is 10.1. The van der Waals surface area contributed by atoms with E-state index in [9.17, 15) is 14.9 Å². The molecule has 0 aliphatic carbocycles. The number of thiophene rings is 1. The average molecular weight is 450 g/mol. The lowest BCUT2D eigenvalue weighted by Crippen LogP contribution is -2.49. The van der Waals surface area contributed by atoms with Crippen molar-refractivity contribution >= 4 is 33.8 Å². The van der Waals surface area contributed by atoms with Crippen molar-refractivity contribution in [3.8, 4) is 6.07 Å². The molecule has 3 heterocycles. The van der Waals surface area contributed by atoms with E-state index in [1.54, 1.807) is 4.57 Å². The predicted molar refractivity (Wildman–Crippen MR) is 129 cm³/mol. The highest BCUT2D eigenvalue weighted by Gasteiger charge is 2.27. The van der Waals surface area contributed by atoms with Gasteiger partial charge in [0.25, 0.3) is 11.5 Å². The van der Waals surface area contributed by atoms with Crippen molar-refractivity contribution in [3.05, 3.63) is 62.6 Å². The minimum absolute atomic E-state index is 0.0429. The Balaban J connectivity index is 1.65. The quantitative estimate of drug-likeness (QED) is 0.579. The summed E-state index contributed by atoms with van der Waals surface area (Å²) in [6.45, 7) is 3.71. The van der Waals surface area contributed by atoms with Gasteiger partial charge in [-0.05, 0) is 44.6 Å². The number of para-hydroxylation sites is 1. The molecule has 1 fully saturated rings. The molecule has 8 heteroatoms. The summed E-state index contributed by atoms with van der Waals surface area (Å²) in [5.74, 6) is 0.0429. The molecule has 1 aliphatic heterocycles. The molecule has 1 aliphatic rings. The number of carbonyl (C=O) groups is 1. The topological polar surface area (TPSA) is 72.6 Å². The van der Waals surface area contributed by atoms with Gasteiger partial charge in [0.15, 0.2) is 0 Å². The van der Waals surface area contributed by atoms with Crippen LogP contribution in [0.25, 0.3) is 10.9 Å². The number of aromatic nitrogens is 1. The number of rotatable bonds is 6. The Bertz CT molecular complexity index is 1200. The van der Waals surface area contributed by atoms with E-state index in [-0.39, 0.29) is 17.0 Å². The van der Waals surface area contributed by atoms with Crippen molar-refractivity contribution in [3.63, 3.8) is 0 Å². The Morgan fingerprint density at radius 2 is 1.88 bits per heavy atom. The number of nitrogens with zero attached hydrogens (tertiary/aromatic N) is 5. The number of hydrogen-bond acceptors (Lipinski definition) is 6. The van der Waals surface area contributed by atoms with Crippen LogP contribution in [0.1, 0.15) is 21.7 Å². The lowest BCUT2D eigenvalue weighted by Gasteiger charge is -2.37. The second-order valence-corrected chi connectivity index (χ2v) is 9.17. The van der Waals surface area contributed by atoms with Crippen molar-refractivity contribution in [2.75, 3.05) is 51.7 Å². The molecule has 1 amide bonds. The summed E-state index contributed by atoms with van der Waals surface area (Å²) < 4.78 is 1.73. The van der Waals surface area contributed by atoms with Crippen molar-refractivity contribution in [1.29, 1.82) is 5.26 Å². The second kappa shape index (κ2) is 9.55. The molecular formula is C24H27N5O2S. The van der Waals surface area contributed by atoms with E-state index in [0.29, 0.717) is 38.4 Å². The summed E-state index contributed by atoms with van der Waals surface area (Å²) in [7, 11) is 4.01. The predicted octanol–water partition coefficient (Wildman–Crippen LogP) is 2.85. The fourth-order valence-corrected chi connectivity index (χ4v) is 4.97. The SMILES string of the molecule is CN(C)CCCn1c(=O)c(C#N)c(N2CCN(C(=O)c3cccs3)CC2)c2ccccc21. The first-order valence-electron chi connectivity index (χ1n) is 10.8. The van der Waals surface area contributed by atoms with Crippen molar-refractivity contribution in [2.24, 2.45) is 0 Å². The van der Waals surface area contributed by atoms with Gasteiger partial charge in [-0.3, -0.25) is 9.59 Å². The summed E-state index contributed by atoms with van der Waals surface area (Å²) in [4.78, 5) is 32.8. The Hall–Kier alpha value is -3.15. The van der Waals surface area contributed by atoms with E-state index in [2.05, 4.69) is 15.9 Å². The molecule has 0 radical (unpaired) electrons. The molecule has 2 aromatic heterocycles. The second-order valence-electron chi connectivity index (χ2n) is 8.22. The average Bonchev–Trinajstić information content (AvgIpc) is 3.34. The van der Waals surface area contributed by atoms with E-state index >= 15 is 0 Å². The van der Waals surface area contributed by atoms with Crippen LogP contribution >= 0.6 is 11.3 Å². The van der Waals surface area contributed by atoms with Crippen molar-refractivity contribution in [2.45, 2.75) is 13.0 Å². The van der Waals surface area contributed by atoms with Gasteiger partial charge in [0.05, 0.1) is 16.1 Å². The fraction of sp³-hybridized carbons (Fsp3) is 0.375. The van der Waals surface area contributed by atoms with Crippen LogP contribution in [0.4, 0.5) is 5.69 Å². The van der Waals surface area contributed by atoms with Crippen LogP contribution in [0.3, 0.4) is 0 Å². The highest BCUT2D eigenvalue weighted by molar-refractivity contribution is 7.12. The summed E-state index contributed by atoms with van der Waals surface area (Å²) in [6, 6.07) is 13.7. The monoisotopic (exact) mass is 449 g/mol. The molecule has 4 rings (SSSR count). The molecule has 1 aromatic carbocycles. The normalized spacial score (nSPS) is 14.2. The number of carbonyl (C=O) groups excluding carboxylic acids is 1. The third kappa shape index (κ3) is 4.27. The maximum atomic E-state index is 13.3. The Labute approximate surface area is 191 Å². The number of nitriles is 1. The van der Waals surface area contributed by atoms with Gasteiger partial charge < -0.3 is 19.3 Å². The zero-order valence-corrected chi connectivity index (χ0v) is 19.3. The van der Waals surface area contributed by atoms with Crippen LogP contribution in [0.15, 0.2) is 46.6 Å². The Kier molecular flexibility index (Phi) is 6.58. The molecule has 0 atom stereocenters. The maximum Gasteiger partial charge on any atom is 0.271 e. The van der Waals surface area contributed by atoms with E-state index < -0.39 is 0 Å². The molecule has 166 valence electrons. The van der Waals surface area contributed by atoms with Gasteiger partial charge in [0, 0.05) is 38.1 Å². The lowest BCUT2D eigenvalue weighted by molar-refractivity contribution is 0.0751. The third-order valence-electron chi connectivity index (χ3n) is 5.86. The summed E-state index contributed by atoms with van der Waals surface area (Å²) in [5.41, 5.74) is 1.49. The van der Waals surface area contributed by atoms with Gasteiger partial charge in [-0.15, -0.1) is 11.3 Å². The molecule has 32 heavy (non-hydrogen) atoms. The third-order valence-corrected chi connectivity index (χ3v) is 6.72. The highest BCUT2D eigenvalue weighted by atomic mass is 32.1. The maximum absolute atomic E-state index is 13.3. The summed E-state index contributed by atoms with van der Waals surface area (Å²) in [5, 5.41) is 12.7. The minimum Gasteiger partial charge on any atom is -0.366 e. The zero-order chi connectivity index (χ0) is 22.7. The number of amides is 1. The number of aryl methyl sites for hydroxylation is 1. The van der Waals surface area contributed by atoms with Crippen LogP contribution in [-0.2, 0) is 6.54 Å². The molecule has 0 unspecified atom stereocenters. The van der Waals surface area contributed by atoms with Gasteiger partial charge in [-0.2, -0.15) is 5.26 Å². The van der Waals surface area contributed by atoms with Crippen LogP contribution in [-0.4, -0.2) is 67.1 Å². The van der Waals surface area contributed by atoms with Gasteiger partial charge >= 0.3 is 0 Å². The standard InChI is InChI=1S/C24H27N5O2S/c1-26(2)10-6-11-29-20-8-4-3-7-18(20)22(19(17-25)23(29)30)27-12-14-28(15-13-27)24(31)21-9-5-16-32-21/h3-5,7-9,16H,6,10-15H2,1-2H3. The number of fused-ring (bicyclic) bond motifs is 1. The molecule has 7 nitrogen and oxygen atoms in total. The number of benzene rings is 1. The van der Waals surface area contributed by atoms with E-state index in [0.717, 1.165) is 28.7 Å².